The van der Waals surface area contributed by atoms with Crippen molar-refractivity contribution in [1.29, 1.82) is 0 Å². The number of imidazole rings is 1. The Bertz CT molecular complexity index is 923. The zero-order valence-corrected chi connectivity index (χ0v) is 15.8. The van der Waals surface area contributed by atoms with E-state index in [2.05, 4.69) is 25.3 Å². The molecule has 148 valence electrons. The molecule has 2 N–H and O–H groups in total. The van der Waals surface area contributed by atoms with Crippen LogP contribution in [0.3, 0.4) is 0 Å². The number of carbonyl (C=O) groups excluding carboxylic acids is 1. The molecule has 2 atom stereocenters. The summed E-state index contributed by atoms with van der Waals surface area (Å²) in [5.74, 6) is 0.206. The number of ether oxygens (including phenoxy) is 2. The van der Waals surface area contributed by atoms with Crippen molar-refractivity contribution in [3.05, 3.63) is 36.7 Å². The first-order valence-electron chi connectivity index (χ1n) is 9.49. The summed E-state index contributed by atoms with van der Waals surface area (Å²) in [6.07, 6.45) is 10.7. The van der Waals surface area contributed by atoms with Gasteiger partial charge in [0.25, 0.3) is 5.91 Å². The van der Waals surface area contributed by atoms with Crippen LogP contribution in [-0.2, 0) is 9.47 Å². The van der Waals surface area contributed by atoms with Crippen molar-refractivity contribution in [2.45, 2.75) is 37.8 Å². The van der Waals surface area contributed by atoms with Crippen molar-refractivity contribution in [2.24, 2.45) is 0 Å². The zero-order chi connectivity index (χ0) is 19.3. The van der Waals surface area contributed by atoms with Gasteiger partial charge >= 0.3 is 0 Å². The molecule has 0 radical (unpaired) electrons. The molecule has 28 heavy (non-hydrogen) atoms. The van der Waals surface area contributed by atoms with Gasteiger partial charge in [-0.3, -0.25) is 9.36 Å². The van der Waals surface area contributed by atoms with Crippen LogP contribution in [0.1, 0.15) is 36.2 Å². The summed E-state index contributed by atoms with van der Waals surface area (Å²) in [5.41, 5.74) is 1.65. The average Bonchev–Trinajstić information content (AvgIpc) is 3.39. The van der Waals surface area contributed by atoms with Crippen molar-refractivity contribution >= 4 is 16.9 Å². The molecular weight excluding hydrogens is 360 g/mol. The van der Waals surface area contributed by atoms with Crippen LogP contribution in [0.4, 0.5) is 0 Å². The first kappa shape index (κ1) is 18.6. The van der Waals surface area contributed by atoms with Gasteiger partial charge in [-0.05, 0) is 31.7 Å². The number of rotatable bonds is 7. The Kier molecular flexibility index (Phi) is 5.63. The van der Waals surface area contributed by atoms with Crippen molar-refractivity contribution in [3.8, 4) is 5.95 Å². The highest BCUT2D eigenvalue weighted by Crippen LogP contribution is 2.22. The second kappa shape index (κ2) is 8.49. The minimum Gasteiger partial charge on any atom is -0.382 e. The molecule has 0 saturated heterocycles. The Morgan fingerprint density at radius 3 is 3.11 bits per heavy atom. The van der Waals surface area contributed by atoms with Gasteiger partial charge in [0.1, 0.15) is 6.33 Å². The van der Waals surface area contributed by atoms with Crippen LogP contribution < -0.4 is 5.32 Å². The summed E-state index contributed by atoms with van der Waals surface area (Å²) in [6, 6.07) is 1.89. The number of aromatic nitrogens is 5. The van der Waals surface area contributed by atoms with Crippen LogP contribution in [0.15, 0.2) is 31.0 Å². The number of hydrogen-bond donors (Lipinski definition) is 2. The topological polar surface area (TPSA) is 107 Å². The number of hydrogen-bond acceptors (Lipinski definition) is 6. The van der Waals surface area contributed by atoms with E-state index in [1.165, 1.54) is 0 Å². The molecule has 0 spiro atoms. The van der Waals surface area contributed by atoms with Gasteiger partial charge in [-0.25, -0.2) is 15.0 Å². The molecule has 1 aliphatic carbocycles. The van der Waals surface area contributed by atoms with Gasteiger partial charge < -0.3 is 19.8 Å². The summed E-state index contributed by atoms with van der Waals surface area (Å²) in [5, 5.41) is 3.12. The van der Waals surface area contributed by atoms with Gasteiger partial charge in [0, 0.05) is 31.7 Å². The third kappa shape index (κ3) is 4.05. The fraction of sp³-hybridized carbons (Fsp3) is 0.474. The van der Waals surface area contributed by atoms with Crippen LogP contribution in [0.25, 0.3) is 17.0 Å². The predicted octanol–water partition coefficient (Wildman–Crippen LogP) is 1.85. The lowest BCUT2D eigenvalue weighted by Gasteiger charge is -2.29. The van der Waals surface area contributed by atoms with Crippen molar-refractivity contribution in [2.75, 3.05) is 20.3 Å². The van der Waals surface area contributed by atoms with Crippen LogP contribution in [0.5, 0.6) is 0 Å². The number of carbonyl (C=O) groups is 1. The first-order chi connectivity index (χ1) is 13.7. The maximum atomic E-state index is 13.0. The largest absolute Gasteiger partial charge is 0.382 e. The molecule has 1 amide bonds. The molecule has 3 aromatic rings. The molecule has 0 bridgehead atoms. The van der Waals surface area contributed by atoms with Crippen molar-refractivity contribution in [3.63, 3.8) is 0 Å². The lowest BCUT2D eigenvalue weighted by atomic mass is 9.92. The Balaban J connectivity index is 1.50. The first-order valence-corrected chi connectivity index (χ1v) is 9.49. The van der Waals surface area contributed by atoms with Gasteiger partial charge in [-0.15, -0.1) is 0 Å². The second-order valence-electron chi connectivity index (χ2n) is 6.90. The van der Waals surface area contributed by atoms with E-state index in [4.69, 9.17) is 9.47 Å². The maximum Gasteiger partial charge on any atom is 0.272 e. The number of amides is 1. The standard InChI is InChI=1S/C19H24N6O3/c1-27-9-10-28-14-4-2-3-13(11-14)22-18(26)17-16-15(5-6-21-16)23-19(24-17)25-8-7-20-12-25/h5-8,12-14,21H,2-4,9-11H2,1H3,(H,22,26)/t13-,14-/m0/s1. The smallest absolute Gasteiger partial charge is 0.272 e. The number of nitrogens with one attached hydrogen (secondary N) is 2. The van der Waals surface area contributed by atoms with Crippen molar-refractivity contribution < 1.29 is 14.3 Å². The van der Waals surface area contributed by atoms with E-state index < -0.39 is 0 Å². The minimum absolute atomic E-state index is 0.0606. The highest BCUT2D eigenvalue weighted by Gasteiger charge is 2.26. The van der Waals surface area contributed by atoms with E-state index >= 15 is 0 Å². The zero-order valence-electron chi connectivity index (χ0n) is 15.8. The van der Waals surface area contributed by atoms with Crippen LogP contribution in [0, 0.1) is 0 Å². The summed E-state index contributed by atoms with van der Waals surface area (Å²) in [4.78, 5) is 29.1. The van der Waals surface area contributed by atoms with Crippen molar-refractivity contribution in [1.82, 2.24) is 29.8 Å². The van der Waals surface area contributed by atoms with Gasteiger partial charge in [0.15, 0.2) is 5.69 Å². The monoisotopic (exact) mass is 384 g/mol. The van der Waals surface area contributed by atoms with E-state index in [-0.39, 0.29) is 18.1 Å². The highest BCUT2D eigenvalue weighted by atomic mass is 16.5. The normalized spacial score (nSPS) is 19.8. The lowest BCUT2D eigenvalue weighted by Crippen LogP contribution is -2.41. The Morgan fingerprint density at radius 2 is 2.29 bits per heavy atom. The fourth-order valence-electron chi connectivity index (χ4n) is 3.57. The lowest BCUT2D eigenvalue weighted by molar-refractivity contribution is -0.00608. The van der Waals surface area contributed by atoms with Crippen LogP contribution in [-0.4, -0.2) is 62.9 Å². The molecule has 4 rings (SSSR count). The molecule has 0 unspecified atom stereocenters. The third-order valence-electron chi connectivity index (χ3n) is 4.95. The number of H-pyrrole nitrogens is 1. The van der Waals surface area contributed by atoms with Crippen LogP contribution >= 0.6 is 0 Å². The number of fused-ring (bicyclic) bond motifs is 1. The molecule has 0 aromatic carbocycles. The van der Waals surface area contributed by atoms with E-state index in [0.29, 0.717) is 35.9 Å². The van der Waals surface area contributed by atoms with Crippen LogP contribution in [0.2, 0.25) is 0 Å². The second-order valence-corrected chi connectivity index (χ2v) is 6.90. The molecule has 3 heterocycles. The Morgan fingerprint density at radius 1 is 1.36 bits per heavy atom. The quantitative estimate of drug-likeness (QED) is 0.602. The van der Waals surface area contributed by atoms with E-state index in [0.717, 1.165) is 25.7 Å². The summed E-state index contributed by atoms with van der Waals surface area (Å²) in [7, 11) is 1.66. The number of aromatic amines is 1. The maximum absolute atomic E-state index is 13.0. The summed E-state index contributed by atoms with van der Waals surface area (Å²) in [6.45, 7) is 1.15. The fourth-order valence-corrected chi connectivity index (χ4v) is 3.57. The van der Waals surface area contributed by atoms with E-state index in [1.54, 1.807) is 36.6 Å². The van der Waals surface area contributed by atoms with Gasteiger partial charge in [-0.2, -0.15) is 0 Å². The predicted molar refractivity (Wildman–Crippen MR) is 102 cm³/mol. The molecule has 1 fully saturated rings. The average molecular weight is 384 g/mol. The van der Waals surface area contributed by atoms with Gasteiger partial charge in [-0.1, -0.05) is 0 Å². The molecule has 1 saturated carbocycles. The summed E-state index contributed by atoms with van der Waals surface area (Å²) >= 11 is 0. The SMILES string of the molecule is COCCO[C@H]1CCC[C@H](NC(=O)c2nc(-n3ccnc3)nc3cc[nH]c23)C1. The Labute approximate surface area is 162 Å². The molecule has 1 aliphatic rings. The summed E-state index contributed by atoms with van der Waals surface area (Å²) < 4.78 is 12.6. The van der Waals surface area contributed by atoms with E-state index in [1.807, 2.05) is 6.07 Å². The molecule has 0 aliphatic heterocycles. The number of methoxy groups -OCH3 is 1. The Hall–Kier alpha value is -2.78. The molecule has 9 heteroatoms. The van der Waals surface area contributed by atoms with Gasteiger partial charge in [0.2, 0.25) is 5.95 Å². The van der Waals surface area contributed by atoms with E-state index in [9.17, 15) is 4.79 Å². The van der Waals surface area contributed by atoms with Gasteiger partial charge in [0.05, 0.1) is 30.4 Å². The third-order valence-corrected chi connectivity index (χ3v) is 4.95. The molecular formula is C19H24N6O3. The number of nitrogens with zero attached hydrogens (tertiary/aromatic N) is 4. The minimum atomic E-state index is -0.209. The molecule has 3 aromatic heterocycles. The molecule has 9 nitrogen and oxygen atoms in total. The highest BCUT2D eigenvalue weighted by molar-refractivity contribution is 6.03.